The number of amides is 2. The summed E-state index contributed by atoms with van der Waals surface area (Å²) in [5.41, 5.74) is 2.37. The van der Waals surface area contributed by atoms with E-state index in [2.05, 4.69) is 15.3 Å². The fourth-order valence-corrected chi connectivity index (χ4v) is 4.77. The third-order valence-corrected chi connectivity index (χ3v) is 6.59. The minimum absolute atomic E-state index is 0.00488. The summed E-state index contributed by atoms with van der Waals surface area (Å²) in [7, 11) is 0. The van der Waals surface area contributed by atoms with Crippen LogP contribution in [0.4, 0.5) is 5.69 Å². The number of hydrogen-bond acceptors (Lipinski definition) is 5. The molecular formula is C21H22N4O3S. The quantitative estimate of drug-likeness (QED) is 0.694. The number of aryl methyl sites for hydroxylation is 2. The number of benzene rings is 1. The Balaban J connectivity index is 1.42. The first kappa shape index (κ1) is 19.3. The average molecular weight is 410 g/mol. The highest BCUT2D eigenvalue weighted by Crippen LogP contribution is 2.29. The van der Waals surface area contributed by atoms with Gasteiger partial charge in [0.25, 0.3) is 11.5 Å². The lowest BCUT2D eigenvalue weighted by Gasteiger charge is -2.31. The third kappa shape index (κ3) is 3.80. The third-order valence-electron chi connectivity index (χ3n) is 5.40. The maximum absolute atomic E-state index is 13.0. The first-order valence-electron chi connectivity index (χ1n) is 9.57. The van der Waals surface area contributed by atoms with E-state index >= 15 is 0 Å². The second-order valence-corrected chi connectivity index (χ2v) is 8.39. The van der Waals surface area contributed by atoms with E-state index < -0.39 is 0 Å². The van der Waals surface area contributed by atoms with Crippen LogP contribution in [0.1, 0.15) is 33.6 Å². The van der Waals surface area contributed by atoms with Crippen molar-refractivity contribution < 1.29 is 9.59 Å². The number of aromatic amines is 1. The lowest BCUT2D eigenvalue weighted by molar-refractivity contribution is -0.121. The number of carbonyl (C=O) groups is 2. The molecule has 1 fully saturated rings. The van der Waals surface area contributed by atoms with Gasteiger partial charge >= 0.3 is 0 Å². The zero-order valence-electron chi connectivity index (χ0n) is 16.3. The second kappa shape index (κ2) is 7.79. The van der Waals surface area contributed by atoms with Crippen LogP contribution in [-0.2, 0) is 4.79 Å². The molecule has 0 unspecified atom stereocenters. The van der Waals surface area contributed by atoms with Crippen molar-refractivity contribution in [1.82, 2.24) is 14.9 Å². The van der Waals surface area contributed by atoms with Gasteiger partial charge in [-0.25, -0.2) is 4.98 Å². The van der Waals surface area contributed by atoms with Crippen LogP contribution in [0.5, 0.6) is 0 Å². The van der Waals surface area contributed by atoms with E-state index in [1.54, 1.807) is 11.8 Å². The van der Waals surface area contributed by atoms with Gasteiger partial charge in [-0.2, -0.15) is 0 Å². The number of nitrogens with zero attached hydrogens (tertiary/aromatic N) is 2. The number of rotatable bonds is 3. The van der Waals surface area contributed by atoms with Crippen molar-refractivity contribution in [3.8, 4) is 0 Å². The van der Waals surface area contributed by atoms with Gasteiger partial charge in [0.2, 0.25) is 5.91 Å². The predicted octanol–water partition coefficient (Wildman–Crippen LogP) is 3.09. The highest BCUT2D eigenvalue weighted by molar-refractivity contribution is 7.20. The first-order valence-corrected chi connectivity index (χ1v) is 10.4. The molecule has 1 aliphatic rings. The smallest absolute Gasteiger partial charge is 0.264 e. The molecule has 1 aromatic carbocycles. The molecule has 0 radical (unpaired) electrons. The Labute approximate surface area is 171 Å². The molecule has 0 bridgehead atoms. The Bertz CT molecular complexity index is 1130. The molecule has 7 nitrogen and oxygen atoms in total. The van der Waals surface area contributed by atoms with Crippen LogP contribution in [-0.4, -0.2) is 39.8 Å². The zero-order valence-corrected chi connectivity index (χ0v) is 17.1. The van der Waals surface area contributed by atoms with Crippen LogP contribution in [0.3, 0.4) is 0 Å². The number of aromatic nitrogens is 2. The number of H-pyrrole nitrogens is 1. The fourth-order valence-electron chi connectivity index (χ4n) is 3.65. The van der Waals surface area contributed by atoms with E-state index in [4.69, 9.17) is 0 Å². The fraction of sp³-hybridized carbons (Fsp3) is 0.333. The predicted molar refractivity (Wildman–Crippen MR) is 113 cm³/mol. The highest BCUT2D eigenvalue weighted by Gasteiger charge is 2.30. The minimum atomic E-state index is -0.228. The van der Waals surface area contributed by atoms with Crippen molar-refractivity contribution in [2.24, 2.45) is 5.92 Å². The van der Waals surface area contributed by atoms with Gasteiger partial charge in [-0.05, 0) is 44.4 Å². The molecular weight excluding hydrogens is 388 g/mol. The van der Waals surface area contributed by atoms with Crippen molar-refractivity contribution in [3.63, 3.8) is 0 Å². The summed E-state index contributed by atoms with van der Waals surface area (Å²) in [5, 5.41) is 3.44. The van der Waals surface area contributed by atoms with Crippen LogP contribution >= 0.6 is 11.3 Å². The Hall–Kier alpha value is -3.00. The minimum Gasteiger partial charge on any atom is -0.338 e. The van der Waals surface area contributed by atoms with E-state index in [0.29, 0.717) is 46.6 Å². The molecule has 2 aromatic heterocycles. The highest BCUT2D eigenvalue weighted by atomic mass is 32.1. The number of thiophene rings is 1. The molecule has 29 heavy (non-hydrogen) atoms. The van der Waals surface area contributed by atoms with E-state index in [1.807, 2.05) is 31.2 Å². The van der Waals surface area contributed by atoms with Crippen LogP contribution in [0.2, 0.25) is 0 Å². The molecule has 0 spiro atoms. The number of nitrogens with one attached hydrogen (secondary N) is 2. The number of piperidine rings is 1. The van der Waals surface area contributed by atoms with Gasteiger partial charge in [-0.15, -0.1) is 11.3 Å². The van der Waals surface area contributed by atoms with Gasteiger partial charge in [-0.1, -0.05) is 17.7 Å². The molecule has 0 atom stereocenters. The molecule has 4 rings (SSSR count). The molecule has 2 N–H and O–H groups in total. The Morgan fingerprint density at radius 1 is 1.17 bits per heavy atom. The van der Waals surface area contributed by atoms with E-state index in [9.17, 15) is 14.4 Å². The molecule has 0 aliphatic carbocycles. The van der Waals surface area contributed by atoms with Crippen molar-refractivity contribution in [1.29, 1.82) is 0 Å². The maximum Gasteiger partial charge on any atom is 0.264 e. The summed E-state index contributed by atoms with van der Waals surface area (Å²) in [4.78, 5) is 47.2. The van der Waals surface area contributed by atoms with Gasteiger partial charge in [0, 0.05) is 24.7 Å². The molecule has 2 amide bonds. The monoisotopic (exact) mass is 410 g/mol. The number of likely N-dealkylation sites (tertiary alicyclic amines) is 1. The lowest BCUT2D eigenvalue weighted by atomic mass is 9.95. The number of hydrogen-bond donors (Lipinski definition) is 2. The Kier molecular flexibility index (Phi) is 5.19. The number of carbonyl (C=O) groups excluding carboxylic acids is 2. The second-order valence-electron chi connectivity index (χ2n) is 7.39. The van der Waals surface area contributed by atoms with E-state index in [0.717, 1.165) is 11.3 Å². The van der Waals surface area contributed by atoms with Crippen LogP contribution in [0, 0.1) is 19.8 Å². The molecule has 1 aliphatic heterocycles. The number of fused-ring (bicyclic) bond motifs is 1. The van der Waals surface area contributed by atoms with Crippen molar-refractivity contribution in [2.45, 2.75) is 26.7 Å². The van der Waals surface area contributed by atoms with Crippen LogP contribution in [0.15, 0.2) is 35.4 Å². The van der Waals surface area contributed by atoms with Crippen molar-refractivity contribution >= 4 is 39.1 Å². The van der Waals surface area contributed by atoms with E-state index in [-0.39, 0.29) is 23.3 Å². The largest absolute Gasteiger partial charge is 0.338 e. The Morgan fingerprint density at radius 3 is 2.52 bits per heavy atom. The maximum atomic E-state index is 13.0. The molecule has 150 valence electrons. The SMILES string of the molecule is Cc1ccc(NC(=O)C2CCN(C(=O)c3sc4nc[nH]c(=O)c4c3C)CC2)cc1. The summed E-state index contributed by atoms with van der Waals surface area (Å²) in [6.07, 6.45) is 2.59. The van der Waals surface area contributed by atoms with Gasteiger partial charge in [0.05, 0.1) is 16.6 Å². The molecule has 8 heteroatoms. The van der Waals surface area contributed by atoms with Gasteiger partial charge in [0.15, 0.2) is 0 Å². The molecule has 1 saturated heterocycles. The summed E-state index contributed by atoms with van der Waals surface area (Å²) in [6, 6.07) is 7.71. The lowest BCUT2D eigenvalue weighted by Crippen LogP contribution is -2.41. The summed E-state index contributed by atoms with van der Waals surface area (Å²) in [6.45, 7) is 4.82. The van der Waals surface area contributed by atoms with Gasteiger partial charge in [-0.3, -0.25) is 14.4 Å². The number of anilines is 1. The first-order chi connectivity index (χ1) is 13.9. The topological polar surface area (TPSA) is 95.2 Å². The van der Waals surface area contributed by atoms with E-state index in [1.165, 1.54) is 17.7 Å². The van der Waals surface area contributed by atoms with Gasteiger partial charge < -0.3 is 15.2 Å². The standard InChI is InChI=1S/C21H22N4O3S/c1-12-3-5-15(6-4-12)24-18(26)14-7-9-25(10-8-14)21(28)17-13(2)16-19(27)22-11-23-20(16)29-17/h3-6,11,14H,7-10H2,1-2H3,(H,24,26)(H,22,23,27). The van der Waals surface area contributed by atoms with Gasteiger partial charge in [0.1, 0.15) is 4.83 Å². The normalized spacial score (nSPS) is 14.9. The molecule has 3 aromatic rings. The molecule has 3 heterocycles. The zero-order chi connectivity index (χ0) is 20.5. The summed E-state index contributed by atoms with van der Waals surface area (Å²) in [5.74, 6) is -0.217. The summed E-state index contributed by atoms with van der Waals surface area (Å²) < 4.78 is 0. The van der Waals surface area contributed by atoms with Crippen LogP contribution in [0.25, 0.3) is 10.2 Å². The summed E-state index contributed by atoms with van der Waals surface area (Å²) >= 11 is 1.25. The average Bonchev–Trinajstić information content (AvgIpc) is 3.07. The molecule has 0 saturated carbocycles. The van der Waals surface area contributed by atoms with Crippen molar-refractivity contribution in [2.75, 3.05) is 18.4 Å². The Morgan fingerprint density at radius 2 is 1.86 bits per heavy atom. The van der Waals surface area contributed by atoms with Crippen molar-refractivity contribution in [3.05, 3.63) is 57.0 Å². The van der Waals surface area contributed by atoms with Crippen LogP contribution < -0.4 is 10.9 Å².